The first-order valence-corrected chi connectivity index (χ1v) is 8.09. The van der Waals surface area contributed by atoms with Gasteiger partial charge in [-0.2, -0.15) is 0 Å². The van der Waals surface area contributed by atoms with Crippen LogP contribution in [0.2, 0.25) is 10.0 Å². The van der Waals surface area contributed by atoms with Crippen LogP contribution in [0.4, 0.5) is 0 Å². The zero-order chi connectivity index (χ0) is 13.9. The number of nitrogens with one attached hydrogen (secondary N) is 1. The third-order valence-electron chi connectivity index (χ3n) is 2.99. The number of hydrogen-bond donors (Lipinski definition) is 1. The summed E-state index contributed by atoms with van der Waals surface area (Å²) in [6.45, 7) is 1.24. The van der Waals surface area contributed by atoms with Gasteiger partial charge in [0, 0.05) is 29.1 Å². The maximum Gasteiger partial charge on any atom is 0.139 e. The summed E-state index contributed by atoms with van der Waals surface area (Å²) in [5.41, 5.74) is 0.915. The molecule has 1 aromatic carbocycles. The maximum atomic E-state index is 6.05. The fraction of sp³-hybridized carbons (Fsp3) is 0.357. The van der Waals surface area contributed by atoms with E-state index in [0.29, 0.717) is 28.4 Å². The van der Waals surface area contributed by atoms with Crippen LogP contribution in [-0.4, -0.2) is 11.0 Å². The number of halogens is 2. The molecule has 1 fully saturated rings. The largest absolute Gasteiger partial charge is 0.486 e. The van der Waals surface area contributed by atoms with Gasteiger partial charge < -0.3 is 10.1 Å². The second-order valence-corrected chi connectivity index (χ2v) is 6.54. The summed E-state index contributed by atoms with van der Waals surface area (Å²) < 4.78 is 5.66. The van der Waals surface area contributed by atoms with Gasteiger partial charge in [0.15, 0.2) is 0 Å². The lowest BCUT2D eigenvalue weighted by Gasteiger charge is -2.06. The summed E-state index contributed by atoms with van der Waals surface area (Å²) in [5.74, 6) is 0.588. The highest BCUT2D eigenvalue weighted by molar-refractivity contribution is 7.09. The number of thiazole rings is 1. The Kier molecular flexibility index (Phi) is 4.46. The number of benzene rings is 1. The standard InChI is InChI=1S/C14H14Cl2N2OS/c15-9-1-4-12(16)13(5-9)19-7-11-8-20-14(18-11)6-17-10-2-3-10/h1,4-5,8,10,17H,2-3,6-7H2. The van der Waals surface area contributed by atoms with Crippen LogP contribution in [0.3, 0.4) is 0 Å². The van der Waals surface area contributed by atoms with E-state index >= 15 is 0 Å². The monoisotopic (exact) mass is 328 g/mol. The SMILES string of the molecule is Clc1ccc(Cl)c(OCc2csc(CNC3CC3)n2)c1. The molecule has 3 rings (SSSR count). The summed E-state index contributed by atoms with van der Waals surface area (Å²) in [5, 5.41) is 7.72. The molecule has 0 radical (unpaired) electrons. The minimum absolute atomic E-state index is 0.403. The topological polar surface area (TPSA) is 34.1 Å². The van der Waals surface area contributed by atoms with Crippen molar-refractivity contribution >= 4 is 34.5 Å². The Morgan fingerprint density at radius 2 is 2.20 bits per heavy atom. The molecule has 0 atom stereocenters. The molecular weight excluding hydrogens is 315 g/mol. The fourth-order valence-corrected chi connectivity index (χ4v) is 2.82. The predicted octanol–water partition coefficient (Wildman–Crippen LogP) is 4.28. The number of aromatic nitrogens is 1. The second-order valence-electron chi connectivity index (χ2n) is 4.75. The van der Waals surface area contributed by atoms with Crippen LogP contribution in [0.1, 0.15) is 23.5 Å². The van der Waals surface area contributed by atoms with Crippen molar-refractivity contribution in [3.63, 3.8) is 0 Å². The Morgan fingerprint density at radius 1 is 1.35 bits per heavy atom. The van der Waals surface area contributed by atoms with Gasteiger partial charge >= 0.3 is 0 Å². The van der Waals surface area contributed by atoms with Gasteiger partial charge in [-0.25, -0.2) is 4.98 Å². The molecule has 0 saturated heterocycles. The lowest BCUT2D eigenvalue weighted by Crippen LogP contribution is -2.15. The van der Waals surface area contributed by atoms with Crippen LogP contribution >= 0.6 is 34.5 Å². The molecule has 1 saturated carbocycles. The number of hydrogen-bond acceptors (Lipinski definition) is 4. The number of rotatable bonds is 6. The molecule has 1 aliphatic rings. The van der Waals surface area contributed by atoms with Gasteiger partial charge in [-0.05, 0) is 25.0 Å². The molecule has 106 valence electrons. The second kappa shape index (κ2) is 6.31. The van der Waals surface area contributed by atoms with Crippen molar-refractivity contribution in [1.29, 1.82) is 0 Å². The molecule has 0 bridgehead atoms. The molecule has 2 aromatic rings. The molecule has 3 nitrogen and oxygen atoms in total. The van der Waals surface area contributed by atoms with E-state index in [2.05, 4.69) is 10.3 Å². The zero-order valence-electron chi connectivity index (χ0n) is 10.7. The van der Waals surface area contributed by atoms with E-state index < -0.39 is 0 Å². The van der Waals surface area contributed by atoms with Gasteiger partial charge in [0.1, 0.15) is 17.4 Å². The summed E-state index contributed by atoms with van der Waals surface area (Å²) in [6, 6.07) is 5.88. The smallest absolute Gasteiger partial charge is 0.139 e. The average Bonchev–Trinajstić information content (AvgIpc) is 3.16. The minimum atomic E-state index is 0.403. The summed E-state index contributed by atoms with van der Waals surface area (Å²) in [7, 11) is 0. The quantitative estimate of drug-likeness (QED) is 0.859. The average molecular weight is 329 g/mol. The molecule has 1 N–H and O–H groups in total. The Bertz CT molecular complexity index is 599. The van der Waals surface area contributed by atoms with Crippen molar-refractivity contribution in [3.05, 3.63) is 44.3 Å². The molecule has 0 aliphatic heterocycles. The summed E-state index contributed by atoms with van der Waals surface area (Å²) >= 11 is 13.6. The highest BCUT2D eigenvalue weighted by Crippen LogP contribution is 2.28. The van der Waals surface area contributed by atoms with Crippen LogP contribution in [0.15, 0.2) is 23.6 Å². The van der Waals surface area contributed by atoms with E-state index in [1.807, 2.05) is 5.38 Å². The molecule has 0 spiro atoms. The molecule has 1 aromatic heterocycles. The maximum absolute atomic E-state index is 6.05. The van der Waals surface area contributed by atoms with Crippen LogP contribution in [0.25, 0.3) is 0 Å². The fourth-order valence-electron chi connectivity index (χ4n) is 1.76. The van der Waals surface area contributed by atoms with Crippen molar-refractivity contribution in [2.24, 2.45) is 0 Å². The lowest BCUT2D eigenvalue weighted by molar-refractivity contribution is 0.302. The Morgan fingerprint density at radius 3 is 3.00 bits per heavy atom. The van der Waals surface area contributed by atoms with E-state index in [1.54, 1.807) is 29.5 Å². The predicted molar refractivity (Wildman–Crippen MR) is 82.8 cm³/mol. The first-order chi connectivity index (χ1) is 9.70. The third kappa shape index (κ3) is 3.85. The molecule has 20 heavy (non-hydrogen) atoms. The van der Waals surface area contributed by atoms with Gasteiger partial charge in [-0.15, -0.1) is 11.3 Å². The van der Waals surface area contributed by atoms with Crippen molar-refractivity contribution in [2.45, 2.75) is 32.0 Å². The van der Waals surface area contributed by atoms with E-state index in [1.165, 1.54) is 12.8 Å². The molecule has 6 heteroatoms. The Labute approximate surface area is 131 Å². The number of nitrogens with zero attached hydrogens (tertiary/aromatic N) is 1. The normalized spacial score (nSPS) is 14.5. The first-order valence-electron chi connectivity index (χ1n) is 6.45. The highest BCUT2D eigenvalue weighted by Gasteiger charge is 2.20. The Hall–Kier alpha value is -0.810. The van der Waals surface area contributed by atoms with E-state index in [4.69, 9.17) is 27.9 Å². The minimum Gasteiger partial charge on any atom is -0.486 e. The van der Waals surface area contributed by atoms with Gasteiger partial charge in [-0.3, -0.25) is 0 Å². The third-order valence-corrected chi connectivity index (χ3v) is 4.43. The van der Waals surface area contributed by atoms with Crippen molar-refractivity contribution in [2.75, 3.05) is 0 Å². The van der Waals surface area contributed by atoms with E-state index in [0.717, 1.165) is 17.2 Å². The molecule has 0 amide bonds. The van der Waals surface area contributed by atoms with Gasteiger partial charge in [0.2, 0.25) is 0 Å². The zero-order valence-corrected chi connectivity index (χ0v) is 13.1. The molecule has 1 aliphatic carbocycles. The van der Waals surface area contributed by atoms with Crippen LogP contribution < -0.4 is 10.1 Å². The van der Waals surface area contributed by atoms with Gasteiger partial charge in [0.25, 0.3) is 0 Å². The van der Waals surface area contributed by atoms with Crippen LogP contribution in [-0.2, 0) is 13.2 Å². The summed E-state index contributed by atoms with van der Waals surface area (Å²) in [4.78, 5) is 4.53. The van der Waals surface area contributed by atoms with Crippen molar-refractivity contribution in [3.8, 4) is 5.75 Å². The van der Waals surface area contributed by atoms with Gasteiger partial charge in [0.05, 0.1) is 10.7 Å². The Balaban J connectivity index is 1.55. The van der Waals surface area contributed by atoms with Crippen molar-refractivity contribution in [1.82, 2.24) is 10.3 Å². The lowest BCUT2D eigenvalue weighted by atomic mass is 10.3. The molecule has 0 unspecified atom stereocenters. The number of ether oxygens (including phenoxy) is 1. The molecule has 1 heterocycles. The van der Waals surface area contributed by atoms with Crippen LogP contribution in [0, 0.1) is 0 Å². The van der Waals surface area contributed by atoms with E-state index in [-0.39, 0.29) is 0 Å². The highest BCUT2D eigenvalue weighted by atomic mass is 35.5. The first kappa shape index (κ1) is 14.1. The molecular formula is C14H14Cl2N2OS. The van der Waals surface area contributed by atoms with E-state index in [9.17, 15) is 0 Å². The summed E-state index contributed by atoms with van der Waals surface area (Å²) in [6.07, 6.45) is 2.57. The van der Waals surface area contributed by atoms with Gasteiger partial charge in [-0.1, -0.05) is 23.2 Å². The van der Waals surface area contributed by atoms with Crippen molar-refractivity contribution < 1.29 is 4.74 Å². The van der Waals surface area contributed by atoms with Crippen LogP contribution in [0.5, 0.6) is 5.75 Å².